The highest BCUT2D eigenvalue weighted by Gasteiger charge is 2.24. The van der Waals surface area contributed by atoms with Crippen molar-refractivity contribution in [2.75, 3.05) is 37.0 Å². The number of ether oxygens (including phenoxy) is 1. The van der Waals surface area contributed by atoms with E-state index in [0.717, 1.165) is 48.9 Å². The third-order valence-corrected chi connectivity index (χ3v) is 5.61. The molecule has 2 atom stereocenters. The van der Waals surface area contributed by atoms with E-state index in [9.17, 15) is 5.11 Å². The molecule has 0 spiro atoms. The Balaban J connectivity index is 1.65. The normalized spacial score (nSPS) is 17.6. The van der Waals surface area contributed by atoms with Gasteiger partial charge in [0.2, 0.25) is 0 Å². The number of benzene rings is 1. The molecule has 1 aliphatic heterocycles. The molecular formula is C22H28N6O2. The number of piperidine rings is 1. The first-order valence-electron chi connectivity index (χ1n) is 10.2. The van der Waals surface area contributed by atoms with Crippen LogP contribution in [0.1, 0.15) is 30.3 Å². The Bertz CT molecular complexity index is 976. The molecule has 0 saturated carbocycles. The van der Waals surface area contributed by atoms with Gasteiger partial charge in [-0.3, -0.25) is 0 Å². The van der Waals surface area contributed by atoms with Crippen molar-refractivity contribution in [3.63, 3.8) is 0 Å². The Labute approximate surface area is 176 Å². The van der Waals surface area contributed by atoms with Crippen molar-refractivity contribution in [2.24, 2.45) is 13.0 Å². The van der Waals surface area contributed by atoms with Gasteiger partial charge >= 0.3 is 0 Å². The molecule has 1 aromatic carbocycles. The molecule has 30 heavy (non-hydrogen) atoms. The number of imidazole rings is 1. The molecule has 2 N–H and O–H groups in total. The van der Waals surface area contributed by atoms with Gasteiger partial charge in [0.1, 0.15) is 35.6 Å². The first-order valence-corrected chi connectivity index (χ1v) is 10.2. The van der Waals surface area contributed by atoms with Crippen LogP contribution in [0.5, 0.6) is 5.75 Å². The van der Waals surface area contributed by atoms with Crippen molar-refractivity contribution in [3.8, 4) is 5.75 Å². The maximum Gasteiger partial charge on any atom is 0.135 e. The minimum absolute atomic E-state index is 0.210. The molecule has 0 radical (unpaired) electrons. The van der Waals surface area contributed by atoms with Crippen LogP contribution in [0.15, 0.2) is 49.1 Å². The summed E-state index contributed by atoms with van der Waals surface area (Å²) in [5, 5.41) is 13.1. The molecule has 8 nitrogen and oxygen atoms in total. The third-order valence-electron chi connectivity index (χ3n) is 5.61. The second kappa shape index (κ2) is 9.13. The predicted octanol–water partition coefficient (Wildman–Crippen LogP) is 2.63. The van der Waals surface area contributed by atoms with Gasteiger partial charge in [0, 0.05) is 50.8 Å². The zero-order valence-electron chi connectivity index (χ0n) is 17.4. The molecule has 0 bridgehead atoms. The predicted molar refractivity (Wildman–Crippen MR) is 116 cm³/mol. The summed E-state index contributed by atoms with van der Waals surface area (Å²) >= 11 is 0. The van der Waals surface area contributed by atoms with E-state index in [0.29, 0.717) is 11.7 Å². The van der Waals surface area contributed by atoms with Gasteiger partial charge in [-0.05, 0) is 24.8 Å². The van der Waals surface area contributed by atoms with Crippen molar-refractivity contribution in [3.05, 3.63) is 60.4 Å². The molecule has 1 aliphatic rings. The number of aromatic nitrogens is 4. The Kier molecular flexibility index (Phi) is 6.13. The highest BCUT2D eigenvalue weighted by molar-refractivity contribution is 5.52. The fourth-order valence-corrected chi connectivity index (χ4v) is 4.01. The summed E-state index contributed by atoms with van der Waals surface area (Å²) in [5.74, 6) is 3.51. The zero-order chi connectivity index (χ0) is 20.9. The Morgan fingerprint density at radius 1 is 1.27 bits per heavy atom. The molecule has 0 amide bonds. The fourth-order valence-electron chi connectivity index (χ4n) is 4.01. The second-order valence-corrected chi connectivity index (χ2v) is 7.61. The summed E-state index contributed by atoms with van der Waals surface area (Å²) in [6.07, 6.45) is 7.40. The fraction of sp³-hybridized carbons (Fsp3) is 0.409. The molecule has 0 aliphatic carbocycles. The molecular weight excluding hydrogens is 380 g/mol. The lowest BCUT2D eigenvalue weighted by Crippen LogP contribution is -2.37. The number of aliphatic hydroxyl groups excluding tert-OH is 1. The topological polar surface area (TPSA) is 88.3 Å². The minimum atomic E-state index is -0.240. The quantitative estimate of drug-likeness (QED) is 0.621. The van der Waals surface area contributed by atoms with Crippen molar-refractivity contribution in [1.29, 1.82) is 0 Å². The van der Waals surface area contributed by atoms with Crippen LogP contribution in [-0.4, -0.2) is 51.4 Å². The second-order valence-electron chi connectivity index (χ2n) is 7.61. The van der Waals surface area contributed by atoms with Crippen LogP contribution in [0.4, 0.5) is 11.6 Å². The van der Waals surface area contributed by atoms with Gasteiger partial charge in [0.15, 0.2) is 0 Å². The molecule has 158 valence electrons. The van der Waals surface area contributed by atoms with Crippen molar-refractivity contribution in [2.45, 2.75) is 18.9 Å². The maximum absolute atomic E-state index is 9.54. The zero-order valence-corrected chi connectivity index (χ0v) is 17.4. The van der Waals surface area contributed by atoms with Crippen molar-refractivity contribution < 1.29 is 9.84 Å². The molecule has 8 heteroatoms. The van der Waals surface area contributed by atoms with Crippen LogP contribution in [0.2, 0.25) is 0 Å². The van der Waals surface area contributed by atoms with Crippen LogP contribution in [0.3, 0.4) is 0 Å². The summed E-state index contributed by atoms with van der Waals surface area (Å²) in [7, 11) is 3.64. The monoisotopic (exact) mass is 408 g/mol. The molecule has 1 saturated heterocycles. The average Bonchev–Trinajstić information content (AvgIpc) is 3.23. The number of aryl methyl sites for hydroxylation is 1. The average molecular weight is 409 g/mol. The summed E-state index contributed by atoms with van der Waals surface area (Å²) < 4.78 is 7.59. The Hall–Kier alpha value is -3.13. The molecule has 3 heterocycles. The largest absolute Gasteiger partial charge is 0.496 e. The number of anilines is 2. The van der Waals surface area contributed by atoms with E-state index < -0.39 is 0 Å². The minimum Gasteiger partial charge on any atom is -0.496 e. The SMILES string of the molecule is COc1ccccc1C(Nc1cc(N2CCCC(CO)C2)ncn1)c1nccn1C. The summed E-state index contributed by atoms with van der Waals surface area (Å²) in [5.41, 5.74) is 0.979. The number of aliphatic hydroxyl groups is 1. The van der Waals surface area contributed by atoms with Gasteiger partial charge in [0.25, 0.3) is 0 Å². The maximum atomic E-state index is 9.54. The first kappa shape index (κ1) is 20.2. The molecule has 1 fully saturated rings. The van der Waals surface area contributed by atoms with Gasteiger partial charge in [-0.1, -0.05) is 18.2 Å². The number of rotatable bonds is 7. The first-order chi connectivity index (χ1) is 14.7. The lowest BCUT2D eigenvalue weighted by atomic mass is 9.99. The molecule has 2 aromatic heterocycles. The number of nitrogens with one attached hydrogen (secondary N) is 1. The van der Waals surface area contributed by atoms with E-state index in [1.807, 2.05) is 48.1 Å². The smallest absolute Gasteiger partial charge is 0.135 e. The van der Waals surface area contributed by atoms with E-state index in [-0.39, 0.29) is 12.6 Å². The standard InChI is InChI=1S/C22H28N6O2/c1-27-11-9-23-22(27)21(17-7-3-4-8-18(17)30-2)26-19-12-20(25-15-24-19)28-10-5-6-16(13-28)14-29/h3-4,7-9,11-12,15-16,21,29H,5-6,10,13-14H2,1-2H3,(H,24,25,26). The summed E-state index contributed by atoms with van der Waals surface area (Å²) in [6.45, 7) is 1.95. The number of hydrogen-bond acceptors (Lipinski definition) is 7. The number of hydrogen-bond donors (Lipinski definition) is 2. The van der Waals surface area contributed by atoms with Crippen LogP contribution < -0.4 is 15.0 Å². The van der Waals surface area contributed by atoms with Gasteiger partial charge < -0.3 is 24.6 Å². The third kappa shape index (κ3) is 4.23. The number of methoxy groups -OCH3 is 1. The van der Waals surface area contributed by atoms with Gasteiger partial charge in [0.05, 0.1) is 7.11 Å². The van der Waals surface area contributed by atoms with Gasteiger partial charge in [-0.25, -0.2) is 15.0 Å². The summed E-state index contributed by atoms with van der Waals surface area (Å²) in [4.78, 5) is 15.7. The van der Waals surface area contributed by atoms with Crippen LogP contribution >= 0.6 is 0 Å². The van der Waals surface area contributed by atoms with Gasteiger partial charge in [-0.15, -0.1) is 0 Å². The lowest BCUT2D eigenvalue weighted by Gasteiger charge is -2.32. The van der Waals surface area contributed by atoms with Crippen molar-refractivity contribution >= 4 is 11.6 Å². The summed E-state index contributed by atoms with van der Waals surface area (Å²) in [6, 6.07) is 9.64. The van der Waals surface area contributed by atoms with Crippen LogP contribution in [-0.2, 0) is 7.05 Å². The molecule has 4 rings (SSSR count). The van der Waals surface area contributed by atoms with Crippen LogP contribution in [0.25, 0.3) is 0 Å². The van der Waals surface area contributed by atoms with Gasteiger partial charge in [-0.2, -0.15) is 0 Å². The van der Waals surface area contributed by atoms with Crippen LogP contribution in [0, 0.1) is 5.92 Å². The Morgan fingerprint density at radius 2 is 2.13 bits per heavy atom. The lowest BCUT2D eigenvalue weighted by molar-refractivity contribution is 0.208. The van der Waals surface area contributed by atoms with E-state index in [4.69, 9.17) is 4.74 Å². The van der Waals surface area contributed by atoms with Crippen molar-refractivity contribution in [1.82, 2.24) is 19.5 Å². The Morgan fingerprint density at radius 3 is 2.90 bits per heavy atom. The number of para-hydroxylation sites is 1. The number of nitrogens with zero attached hydrogens (tertiary/aromatic N) is 5. The molecule has 3 aromatic rings. The highest BCUT2D eigenvalue weighted by atomic mass is 16.5. The highest BCUT2D eigenvalue weighted by Crippen LogP contribution is 2.32. The van der Waals surface area contributed by atoms with E-state index >= 15 is 0 Å². The molecule has 2 unspecified atom stereocenters. The van der Waals surface area contributed by atoms with E-state index in [2.05, 4.69) is 25.2 Å². The van der Waals surface area contributed by atoms with E-state index in [1.54, 1.807) is 19.6 Å². The van der Waals surface area contributed by atoms with E-state index in [1.165, 1.54) is 0 Å².